The fraction of sp³-hybridized carbons (Fsp3) is 0.250. The molecule has 0 aliphatic heterocycles. The first-order valence-electron chi connectivity index (χ1n) is 6.25. The third-order valence-corrected chi connectivity index (χ3v) is 3.33. The molecule has 3 aromatic heterocycles. The van der Waals surface area contributed by atoms with Crippen molar-refractivity contribution in [2.45, 2.75) is 18.8 Å². The van der Waals surface area contributed by atoms with Gasteiger partial charge in [-0.3, -0.25) is 0 Å². The Balaban J connectivity index is 1.82. The molecule has 4 rings (SSSR count). The van der Waals surface area contributed by atoms with Gasteiger partial charge in [-0.15, -0.1) is 10.2 Å². The molecule has 8 heteroatoms. The number of nitrogens with zero attached hydrogens (tertiary/aromatic N) is 6. The summed E-state index contributed by atoms with van der Waals surface area (Å²) in [5, 5.41) is 16.3. The van der Waals surface area contributed by atoms with Gasteiger partial charge >= 0.3 is 0 Å². The molecule has 3 heterocycles. The van der Waals surface area contributed by atoms with Crippen LogP contribution in [-0.4, -0.2) is 29.8 Å². The third-order valence-electron chi connectivity index (χ3n) is 3.15. The zero-order chi connectivity index (χ0) is 13.5. The van der Waals surface area contributed by atoms with Crippen LogP contribution in [0.2, 0.25) is 5.15 Å². The van der Waals surface area contributed by atoms with E-state index in [2.05, 4.69) is 30.6 Å². The van der Waals surface area contributed by atoms with Crippen molar-refractivity contribution in [3.05, 3.63) is 35.8 Å². The van der Waals surface area contributed by atoms with Crippen molar-refractivity contribution in [3.8, 4) is 0 Å². The summed E-state index contributed by atoms with van der Waals surface area (Å²) >= 11 is 6.09. The van der Waals surface area contributed by atoms with Gasteiger partial charge < -0.3 is 5.32 Å². The summed E-state index contributed by atoms with van der Waals surface area (Å²) in [7, 11) is 0. The van der Waals surface area contributed by atoms with Crippen LogP contribution in [0.15, 0.2) is 24.8 Å². The van der Waals surface area contributed by atoms with Crippen LogP contribution in [0.3, 0.4) is 0 Å². The van der Waals surface area contributed by atoms with Gasteiger partial charge in [-0.05, 0) is 12.8 Å². The molecular weight excluding hydrogens is 278 g/mol. The Morgan fingerprint density at radius 2 is 2.00 bits per heavy atom. The maximum atomic E-state index is 6.09. The van der Waals surface area contributed by atoms with Gasteiger partial charge in [-0.25, -0.2) is 9.97 Å². The molecule has 100 valence electrons. The molecule has 0 aromatic carbocycles. The molecule has 1 N–H and O–H groups in total. The molecule has 0 spiro atoms. The molecule has 1 aliphatic carbocycles. The second kappa shape index (κ2) is 4.38. The highest BCUT2D eigenvalue weighted by Gasteiger charge is 2.30. The molecule has 1 saturated carbocycles. The van der Waals surface area contributed by atoms with Crippen LogP contribution in [-0.2, 0) is 0 Å². The minimum atomic E-state index is 0.388. The summed E-state index contributed by atoms with van der Waals surface area (Å²) in [5.41, 5.74) is 2.15. The first kappa shape index (κ1) is 11.5. The van der Waals surface area contributed by atoms with Crippen LogP contribution in [0, 0.1) is 0 Å². The lowest BCUT2D eigenvalue weighted by molar-refractivity contribution is 0.815. The van der Waals surface area contributed by atoms with E-state index < -0.39 is 0 Å². The van der Waals surface area contributed by atoms with E-state index in [-0.39, 0.29) is 0 Å². The van der Waals surface area contributed by atoms with E-state index >= 15 is 0 Å². The van der Waals surface area contributed by atoms with Crippen molar-refractivity contribution in [2.75, 3.05) is 5.32 Å². The molecule has 0 atom stereocenters. The molecule has 1 fully saturated rings. The first-order chi connectivity index (χ1) is 9.81. The molecule has 1 aliphatic rings. The number of halogens is 1. The van der Waals surface area contributed by atoms with E-state index in [0.717, 1.165) is 30.0 Å². The Morgan fingerprint density at radius 1 is 1.20 bits per heavy atom. The fourth-order valence-corrected chi connectivity index (χ4v) is 2.26. The van der Waals surface area contributed by atoms with Crippen molar-refractivity contribution in [3.63, 3.8) is 0 Å². The van der Waals surface area contributed by atoms with E-state index in [1.165, 1.54) is 6.33 Å². The Kier molecular flexibility index (Phi) is 2.53. The second-order valence-electron chi connectivity index (χ2n) is 4.70. The van der Waals surface area contributed by atoms with Crippen molar-refractivity contribution < 1.29 is 0 Å². The smallest absolute Gasteiger partial charge is 0.201 e. The van der Waals surface area contributed by atoms with Crippen molar-refractivity contribution in [1.29, 1.82) is 0 Å². The van der Waals surface area contributed by atoms with Gasteiger partial charge in [0.2, 0.25) is 5.65 Å². The molecule has 3 aromatic rings. The van der Waals surface area contributed by atoms with Gasteiger partial charge in [0, 0.05) is 12.0 Å². The lowest BCUT2D eigenvalue weighted by Crippen LogP contribution is -2.01. The number of aromatic nitrogens is 6. The first-order valence-corrected chi connectivity index (χ1v) is 6.63. The van der Waals surface area contributed by atoms with Crippen LogP contribution in [0.25, 0.3) is 5.65 Å². The standard InChI is InChI=1S/C12H10ClN7/c13-10-3-9(16-8-4-14-6-15-5-8)12-18-17-11(7-1-2-7)20(12)19-10/h3-7,16H,1-2H2. The zero-order valence-electron chi connectivity index (χ0n) is 10.4. The number of hydrogen-bond acceptors (Lipinski definition) is 6. The van der Waals surface area contributed by atoms with E-state index in [4.69, 9.17) is 11.6 Å². The van der Waals surface area contributed by atoms with E-state index in [1.807, 2.05) is 0 Å². The topological polar surface area (TPSA) is 80.9 Å². The second-order valence-corrected chi connectivity index (χ2v) is 5.09. The molecule has 0 saturated heterocycles. The maximum absolute atomic E-state index is 6.09. The summed E-state index contributed by atoms with van der Waals surface area (Å²) in [6.07, 6.45) is 7.09. The van der Waals surface area contributed by atoms with Crippen LogP contribution in [0.4, 0.5) is 11.4 Å². The van der Waals surface area contributed by atoms with Crippen LogP contribution >= 0.6 is 11.6 Å². The van der Waals surface area contributed by atoms with E-state index in [1.54, 1.807) is 23.0 Å². The summed E-state index contributed by atoms with van der Waals surface area (Å²) in [4.78, 5) is 7.92. The molecule has 0 amide bonds. The molecule has 0 unspecified atom stereocenters. The fourth-order valence-electron chi connectivity index (χ4n) is 2.07. The largest absolute Gasteiger partial charge is 0.350 e. The number of fused-ring (bicyclic) bond motifs is 1. The highest BCUT2D eigenvalue weighted by atomic mass is 35.5. The lowest BCUT2D eigenvalue weighted by Gasteiger charge is -2.07. The normalized spacial score (nSPS) is 14.7. The average molecular weight is 288 g/mol. The third kappa shape index (κ3) is 1.96. The number of rotatable bonds is 3. The highest BCUT2D eigenvalue weighted by Crippen LogP contribution is 2.39. The van der Waals surface area contributed by atoms with Crippen molar-refractivity contribution >= 4 is 28.6 Å². The van der Waals surface area contributed by atoms with Gasteiger partial charge in [-0.2, -0.15) is 9.61 Å². The summed E-state index contributed by atoms with van der Waals surface area (Å²) in [6.45, 7) is 0. The van der Waals surface area contributed by atoms with Crippen LogP contribution in [0.5, 0.6) is 0 Å². The summed E-state index contributed by atoms with van der Waals surface area (Å²) < 4.78 is 1.71. The SMILES string of the molecule is Clc1cc(Nc2cncnc2)c2nnc(C3CC3)n2n1. The number of hydrogen-bond donors (Lipinski definition) is 1. The predicted molar refractivity (Wildman–Crippen MR) is 73.1 cm³/mol. The van der Waals surface area contributed by atoms with Crippen LogP contribution < -0.4 is 5.32 Å². The lowest BCUT2D eigenvalue weighted by atomic mass is 10.4. The molecule has 20 heavy (non-hydrogen) atoms. The van der Waals surface area contributed by atoms with Gasteiger partial charge in [0.15, 0.2) is 11.0 Å². The van der Waals surface area contributed by atoms with Crippen molar-refractivity contribution in [1.82, 2.24) is 29.8 Å². The summed E-state index contributed by atoms with van der Waals surface area (Å²) in [6, 6.07) is 1.72. The van der Waals surface area contributed by atoms with Crippen molar-refractivity contribution in [2.24, 2.45) is 0 Å². The Morgan fingerprint density at radius 3 is 2.75 bits per heavy atom. The number of anilines is 2. The zero-order valence-corrected chi connectivity index (χ0v) is 11.1. The summed E-state index contributed by atoms with van der Waals surface area (Å²) in [5.74, 6) is 1.32. The van der Waals surface area contributed by atoms with Crippen LogP contribution in [0.1, 0.15) is 24.6 Å². The van der Waals surface area contributed by atoms with Gasteiger partial charge in [-0.1, -0.05) is 11.6 Å². The average Bonchev–Trinajstić information content (AvgIpc) is 3.20. The molecule has 7 nitrogen and oxygen atoms in total. The molecular formula is C12H10ClN7. The molecule has 0 bridgehead atoms. The predicted octanol–water partition coefficient (Wildman–Crippen LogP) is 2.19. The van der Waals surface area contributed by atoms with Gasteiger partial charge in [0.05, 0.1) is 23.8 Å². The monoisotopic (exact) mass is 287 g/mol. The van der Waals surface area contributed by atoms with E-state index in [9.17, 15) is 0 Å². The minimum Gasteiger partial charge on any atom is -0.350 e. The minimum absolute atomic E-state index is 0.388. The number of nitrogens with one attached hydrogen (secondary N) is 1. The Bertz CT molecular complexity index is 766. The van der Waals surface area contributed by atoms with Gasteiger partial charge in [0.1, 0.15) is 6.33 Å². The van der Waals surface area contributed by atoms with Gasteiger partial charge in [0.25, 0.3) is 0 Å². The Hall–Kier alpha value is -2.28. The maximum Gasteiger partial charge on any atom is 0.201 e. The Labute approximate surface area is 119 Å². The molecule has 0 radical (unpaired) electrons. The van der Waals surface area contributed by atoms with E-state index in [0.29, 0.717) is 16.7 Å². The highest BCUT2D eigenvalue weighted by molar-refractivity contribution is 6.29. The quantitative estimate of drug-likeness (QED) is 0.795.